The van der Waals surface area contributed by atoms with Crippen molar-refractivity contribution in [3.63, 3.8) is 0 Å². The Balaban J connectivity index is 2.16. The monoisotopic (exact) mass is 245 g/mol. The molecular formula is C14H15NO3. The second-order valence-corrected chi connectivity index (χ2v) is 4.19. The van der Waals surface area contributed by atoms with Gasteiger partial charge in [0.1, 0.15) is 18.0 Å². The third-order valence-electron chi connectivity index (χ3n) is 2.93. The van der Waals surface area contributed by atoms with Gasteiger partial charge >= 0.3 is 0 Å². The van der Waals surface area contributed by atoms with Gasteiger partial charge in [0.05, 0.1) is 12.7 Å². The third-order valence-corrected chi connectivity index (χ3v) is 2.93. The molecule has 4 nitrogen and oxygen atoms in total. The maximum atomic E-state index is 10.9. The van der Waals surface area contributed by atoms with Crippen LogP contribution in [0.25, 0.3) is 0 Å². The molecule has 2 rings (SSSR count). The topological polar surface area (TPSA) is 59.3 Å². The van der Waals surface area contributed by atoms with Crippen LogP contribution in [0.1, 0.15) is 30.7 Å². The summed E-state index contributed by atoms with van der Waals surface area (Å²) in [6.45, 7) is 0.697. The zero-order chi connectivity index (χ0) is 12.8. The van der Waals surface area contributed by atoms with E-state index in [-0.39, 0.29) is 6.29 Å². The quantitative estimate of drug-likeness (QED) is 0.764. The molecule has 1 aliphatic heterocycles. The molecule has 4 heteroatoms. The van der Waals surface area contributed by atoms with Crippen molar-refractivity contribution in [1.29, 1.82) is 5.26 Å². The SMILES string of the molecule is N#CC(C=O)c1ccccc1OC1CCCCO1. The van der Waals surface area contributed by atoms with Gasteiger partial charge < -0.3 is 14.3 Å². The fourth-order valence-electron chi connectivity index (χ4n) is 1.96. The van der Waals surface area contributed by atoms with Crippen molar-refractivity contribution in [1.82, 2.24) is 0 Å². The number of hydrogen-bond donors (Lipinski definition) is 0. The number of hydrogen-bond acceptors (Lipinski definition) is 4. The number of aldehydes is 1. The number of para-hydroxylation sites is 1. The van der Waals surface area contributed by atoms with Gasteiger partial charge in [0.2, 0.25) is 0 Å². The maximum Gasteiger partial charge on any atom is 0.199 e. The van der Waals surface area contributed by atoms with E-state index in [1.807, 2.05) is 12.1 Å². The molecule has 0 N–H and O–H groups in total. The second-order valence-electron chi connectivity index (χ2n) is 4.19. The minimum Gasteiger partial charge on any atom is -0.465 e. The zero-order valence-electron chi connectivity index (χ0n) is 10.0. The molecule has 1 aromatic rings. The molecule has 0 aromatic heterocycles. The lowest BCUT2D eigenvalue weighted by atomic mass is 10.0. The molecule has 2 atom stereocenters. The van der Waals surface area contributed by atoms with Gasteiger partial charge in [0.25, 0.3) is 0 Å². The van der Waals surface area contributed by atoms with E-state index in [0.717, 1.165) is 19.3 Å². The lowest BCUT2D eigenvalue weighted by molar-refractivity contribution is -0.109. The minimum absolute atomic E-state index is 0.272. The van der Waals surface area contributed by atoms with Gasteiger partial charge in [-0.15, -0.1) is 0 Å². The Labute approximate surface area is 106 Å². The molecule has 0 radical (unpaired) electrons. The maximum absolute atomic E-state index is 10.9. The van der Waals surface area contributed by atoms with Crippen LogP contribution >= 0.6 is 0 Å². The van der Waals surface area contributed by atoms with Gasteiger partial charge in [-0.3, -0.25) is 0 Å². The molecule has 0 bridgehead atoms. The summed E-state index contributed by atoms with van der Waals surface area (Å²) in [7, 11) is 0. The van der Waals surface area contributed by atoms with Gasteiger partial charge in [-0.25, -0.2) is 0 Å². The van der Waals surface area contributed by atoms with Crippen molar-refractivity contribution in [2.24, 2.45) is 0 Å². The first kappa shape index (κ1) is 12.6. The van der Waals surface area contributed by atoms with Gasteiger partial charge in [-0.2, -0.15) is 5.26 Å². The largest absolute Gasteiger partial charge is 0.465 e. The highest BCUT2D eigenvalue weighted by molar-refractivity contribution is 5.68. The Kier molecular flexibility index (Phi) is 4.32. The standard InChI is InChI=1S/C14H15NO3/c15-9-11(10-16)12-5-1-2-6-13(12)18-14-7-3-4-8-17-14/h1-2,5-6,10-11,14H,3-4,7-8H2. The first-order valence-corrected chi connectivity index (χ1v) is 6.07. The van der Waals surface area contributed by atoms with Crippen LogP contribution in [-0.2, 0) is 9.53 Å². The molecule has 94 valence electrons. The Hall–Kier alpha value is -1.86. The molecule has 0 amide bonds. The fourth-order valence-corrected chi connectivity index (χ4v) is 1.96. The van der Waals surface area contributed by atoms with Crippen LogP contribution < -0.4 is 4.74 Å². The van der Waals surface area contributed by atoms with Crippen molar-refractivity contribution < 1.29 is 14.3 Å². The van der Waals surface area contributed by atoms with Crippen molar-refractivity contribution in [2.45, 2.75) is 31.5 Å². The van der Waals surface area contributed by atoms with Crippen LogP contribution in [0, 0.1) is 11.3 Å². The Morgan fingerprint density at radius 3 is 2.94 bits per heavy atom. The molecule has 2 unspecified atom stereocenters. The first-order chi connectivity index (χ1) is 8.85. The number of rotatable bonds is 4. The molecule has 18 heavy (non-hydrogen) atoms. The van der Waals surface area contributed by atoms with Crippen LogP contribution in [0.15, 0.2) is 24.3 Å². The molecule has 1 aromatic carbocycles. The third kappa shape index (κ3) is 2.88. The molecule has 1 saturated heterocycles. The zero-order valence-corrected chi connectivity index (χ0v) is 10.0. The summed E-state index contributed by atoms with van der Waals surface area (Å²) >= 11 is 0. The smallest absolute Gasteiger partial charge is 0.199 e. The lowest BCUT2D eigenvalue weighted by Gasteiger charge is -2.24. The summed E-state index contributed by atoms with van der Waals surface area (Å²) < 4.78 is 11.2. The first-order valence-electron chi connectivity index (χ1n) is 6.07. The predicted octanol–water partition coefficient (Wildman–Crippen LogP) is 2.40. The van der Waals surface area contributed by atoms with Gasteiger partial charge in [0.15, 0.2) is 6.29 Å². The summed E-state index contributed by atoms with van der Waals surface area (Å²) in [5, 5.41) is 8.94. The fraction of sp³-hybridized carbons (Fsp3) is 0.429. The van der Waals surface area contributed by atoms with Gasteiger partial charge in [-0.1, -0.05) is 18.2 Å². The van der Waals surface area contributed by atoms with Gasteiger partial charge in [-0.05, 0) is 18.9 Å². The van der Waals surface area contributed by atoms with Crippen LogP contribution in [-0.4, -0.2) is 19.2 Å². The van der Waals surface area contributed by atoms with Crippen molar-refractivity contribution in [3.8, 4) is 11.8 Å². The van der Waals surface area contributed by atoms with Crippen LogP contribution in [0.3, 0.4) is 0 Å². The van der Waals surface area contributed by atoms with Crippen molar-refractivity contribution >= 4 is 6.29 Å². The number of nitriles is 1. The number of ether oxygens (including phenoxy) is 2. The summed E-state index contributed by atoms with van der Waals surface area (Å²) in [5.74, 6) is -0.229. The number of benzene rings is 1. The highest BCUT2D eigenvalue weighted by Crippen LogP contribution is 2.27. The molecular weight excluding hydrogens is 230 g/mol. The number of nitrogens with zero attached hydrogens (tertiary/aromatic N) is 1. The van der Waals surface area contributed by atoms with Gasteiger partial charge in [0, 0.05) is 12.0 Å². The Morgan fingerprint density at radius 2 is 2.28 bits per heavy atom. The van der Waals surface area contributed by atoms with Crippen molar-refractivity contribution in [3.05, 3.63) is 29.8 Å². The van der Waals surface area contributed by atoms with E-state index in [1.54, 1.807) is 18.2 Å². The molecule has 0 saturated carbocycles. The van der Waals surface area contributed by atoms with E-state index in [0.29, 0.717) is 24.2 Å². The summed E-state index contributed by atoms with van der Waals surface area (Å²) in [5.41, 5.74) is 0.601. The highest BCUT2D eigenvalue weighted by atomic mass is 16.7. The average molecular weight is 245 g/mol. The Morgan fingerprint density at radius 1 is 1.44 bits per heavy atom. The second kappa shape index (κ2) is 6.18. The molecule has 0 aliphatic carbocycles. The summed E-state index contributed by atoms with van der Waals surface area (Å²) in [6, 6.07) is 9.07. The normalized spacial score (nSPS) is 20.7. The van der Waals surface area contributed by atoms with E-state index in [9.17, 15) is 4.79 Å². The summed E-state index contributed by atoms with van der Waals surface area (Å²) in [6.07, 6.45) is 3.32. The van der Waals surface area contributed by atoms with E-state index >= 15 is 0 Å². The van der Waals surface area contributed by atoms with Crippen LogP contribution in [0.4, 0.5) is 0 Å². The molecule has 1 fully saturated rings. The minimum atomic E-state index is -0.787. The Bertz CT molecular complexity index is 447. The molecule has 1 heterocycles. The van der Waals surface area contributed by atoms with Crippen LogP contribution in [0.5, 0.6) is 5.75 Å². The van der Waals surface area contributed by atoms with E-state index in [4.69, 9.17) is 14.7 Å². The van der Waals surface area contributed by atoms with E-state index in [2.05, 4.69) is 0 Å². The average Bonchev–Trinajstić information content (AvgIpc) is 2.43. The van der Waals surface area contributed by atoms with Crippen molar-refractivity contribution in [2.75, 3.05) is 6.61 Å². The molecule has 0 spiro atoms. The predicted molar refractivity (Wildman–Crippen MR) is 65.1 cm³/mol. The lowest BCUT2D eigenvalue weighted by Crippen LogP contribution is -2.25. The molecule has 1 aliphatic rings. The van der Waals surface area contributed by atoms with E-state index < -0.39 is 5.92 Å². The number of carbonyl (C=O) groups excluding carboxylic acids is 1. The summed E-state index contributed by atoms with van der Waals surface area (Å²) in [4.78, 5) is 10.9. The van der Waals surface area contributed by atoms with E-state index in [1.165, 1.54) is 0 Å². The highest BCUT2D eigenvalue weighted by Gasteiger charge is 2.19. The number of carbonyl (C=O) groups is 1. The van der Waals surface area contributed by atoms with Crippen LogP contribution in [0.2, 0.25) is 0 Å².